The van der Waals surface area contributed by atoms with Gasteiger partial charge in [0, 0.05) is 177 Å². The molecule has 131 heavy (non-hydrogen) atoms. The van der Waals surface area contributed by atoms with Gasteiger partial charge in [-0.25, -0.2) is 17.6 Å². The average Bonchev–Trinajstić information content (AvgIpc) is 0.690. The van der Waals surface area contributed by atoms with Crippen molar-refractivity contribution in [2.75, 3.05) is 0 Å². The maximum atomic E-state index is 14.9. The summed E-state index contributed by atoms with van der Waals surface area (Å²) in [6.07, 6.45) is 0. The van der Waals surface area contributed by atoms with Crippen molar-refractivity contribution in [3.63, 3.8) is 0 Å². The van der Waals surface area contributed by atoms with Crippen molar-refractivity contribution < 1.29 is 17.6 Å². The molecule has 0 nitrogen and oxygen atoms in total. The highest BCUT2D eigenvalue weighted by atomic mass is 35.5. The third-order valence-electron chi connectivity index (χ3n) is 26.9. The Morgan fingerprint density at radius 3 is 1.02 bits per heavy atom. The van der Waals surface area contributed by atoms with Crippen LogP contribution in [0.15, 0.2) is 358 Å². The molecule has 29 rings (SSSR count). The van der Waals surface area contributed by atoms with Crippen LogP contribution in [0, 0.1) is 30.2 Å². The van der Waals surface area contributed by atoms with Crippen molar-refractivity contribution in [3.05, 3.63) is 397 Å². The Labute approximate surface area is 778 Å². The van der Waals surface area contributed by atoms with Gasteiger partial charge in [0.25, 0.3) is 0 Å². The van der Waals surface area contributed by atoms with Crippen molar-refractivity contribution in [2.24, 2.45) is 0 Å². The first-order valence-corrected chi connectivity index (χ1v) is 49.0. The third-order valence-corrected chi connectivity index (χ3v) is 34.6. The number of halogens is 6. The number of hydrogen-bond acceptors (Lipinski definition) is 6. The molecule has 23 aromatic carbocycles. The summed E-state index contributed by atoms with van der Waals surface area (Å²) in [6.45, 7) is 1.95. The first-order chi connectivity index (χ1) is 64.3. The summed E-state index contributed by atoms with van der Waals surface area (Å²) >= 11 is 23.4. The minimum Gasteiger partial charge on any atom is -0.207 e. The minimum absolute atomic E-state index is 0.384. The highest BCUT2D eigenvalue weighted by Gasteiger charge is 2.29. The SMILES string of the molecule is Cc1ccc2c3c1sc1c(F)cc(F)cc1c3c1cccc3sc4c(F)cc(F)cc4c2c31.Clc1ccc2sc3c4ccccc4cc4c5c6cc(Cl)ccc6sc6c7ccccc7cc(c(c2c1)c43)c65.c1ccc(-c2cc3sc4c5ccccc5c(-c5ccccc5)cc4c4c5cc(-c6ccccc6)cc6sc7c8ccccc8c(-c8ccccc8)cc7c(c(c2)c34)c65)cc1. The van der Waals surface area contributed by atoms with E-state index in [1.165, 1.54) is 246 Å². The summed E-state index contributed by atoms with van der Waals surface area (Å²) in [4.78, 5) is 0. The van der Waals surface area contributed by atoms with E-state index in [-0.39, 0.29) is 0 Å². The van der Waals surface area contributed by atoms with Gasteiger partial charge in [0.15, 0.2) is 0 Å². The van der Waals surface area contributed by atoms with Crippen LogP contribution in [0.3, 0.4) is 0 Å². The second-order valence-corrected chi connectivity index (χ2v) is 41.3. The summed E-state index contributed by atoms with van der Waals surface area (Å²) in [6, 6.07) is 126. The van der Waals surface area contributed by atoms with Crippen LogP contribution in [0.1, 0.15) is 5.56 Å². The molecule has 6 aromatic heterocycles. The second kappa shape index (κ2) is 29.7. The fourth-order valence-corrected chi connectivity index (χ4v) is 29.1. The number of hydrogen-bond donors (Lipinski definition) is 0. The Morgan fingerprint density at radius 2 is 0.534 bits per heavy atom. The molecule has 6 heterocycles. The predicted octanol–water partition coefficient (Wildman–Crippen LogP) is 39.6. The van der Waals surface area contributed by atoms with Crippen molar-refractivity contribution in [1.82, 2.24) is 0 Å². The van der Waals surface area contributed by atoms with Crippen LogP contribution in [-0.2, 0) is 0 Å². The number of fused-ring (bicyclic) bond motifs is 26. The van der Waals surface area contributed by atoms with Gasteiger partial charge in [0.05, 0.1) is 9.40 Å². The molecule has 0 saturated heterocycles. The van der Waals surface area contributed by atoms with E-state index < -0.39 is 23.3 Å². The zero-order valence-electron chi connectivity index (χ0n) is 69.3. The molecular weight excluding hydrogens is 1770 g/mol. The van der Waals surface area contributed by atoms with Gasteiger partial charge in [-0.2, -0.15) is 0 Å². The summed E-state index contributed by atoms with van der Waals surface area (Å²) < 4.78 is 71.4. The lowest BCUT2D eigenvalue weighted by atomic mass is 9.86. The number of benzene rings is 23. The van der Waals surface area contributed by atoms with E-state index in [1.807, 2.05) is 94.7 Å². The first kappa shape index (κ1) is 77.2. The Balaban J connectivity index is 0.000000107. The monoisotopic (exact) mass is 1830 g/mol. The van der Waals surface area contributed by atoms with Gasteiger partial charge in [-0.3, -0.25) is 0 Å². The van der Waals surface area contributed by atoms with E-state index in [2.05, 4.69) is 291 Å². The molecule has 0 fully saturated rings. The summed E-state index contributed by atoms with van der Waals surface area (Å²) in [5.41, 5.74) is 10.9. The fraction of sp³-hybridized carbons (Fsp3) is 0.00840. The van der Waals surface area contributed by atoms with Crippen molar-refractivity contribution in [3.8, 4) is 44.5 Å². The van der Waals surface area contributed by atoms with E-state index in [9.17, 15) is 17.6 Å². The van der Waals surface area contributed by atoms with E-state index in [0.29, 0.717) is 20.2 Å². The van der Waals surface area contributed by atoms with Gasteiger partial charge >= 0.3 is 0 Å². The van der Waals surface area contributed by atoms with E-state index in [1.54, 1.807) is 0 Å². The van der Waals surface area contributed by atoms with E-state index in [4.69, 9.17) is 23.2 Å². The highest BCUT2D eigenvalue weighted by Crippen LogP contribution is 2.58. The molecule has 0 atom stereocenters. The summed E-state index contributed by atoms with van der Waals surface area (Å²) in [5.74, 6) is -2.47. The molecule has 12 heteroatoms. The molecule has 0 aliphatic carbocycles. The van der Waals surface area contributed by atoms with Crippen LogP contribution in [0.4, 0.5) is 17.6 Å². The Hall–Kier alpha value is -13.7. The van der Waals surface area contributed by atoms with Gasteiger partial charge < -0.3 is 0 Å². The second-order valence-electron chi connectivity index (χ2n) is 34.1. The van der Waals surface area contributed by atoms with Crippen molar-refractivity contribution >= 4 is 320 Å². The smallest absolute Gasteiger partial charge is 0.143 e. The van der Waals surface area contributed by atoms with E-state index in [0.717, 1.165) is 69.5 Å². The molecule has 0 unspecified atom stereocenters. The van der Waals surface area contributed by atoms with E-state index >= 15 is 0 Å². The van der Waals surface area contributed by atoms with Gasteiger partial charge in [-0.05, 0) is 225 Å². The summed E-state index contributed by atoms with van der Waals surface area (Å²) in [7, 11) is 0. The lowest BCUT2D eigenvalue weighted by molar-refractivity contribution is 0.592. The normalized spacial score (nSPS) is 12.2. The zero-order valence-corrected chi connectivity index (χ0v) is 75.7. The largest absolute Gasteiger partial charge is 0.207 e. The molecule has 0 saturated carbocycles. The quantitative estimate of drug-likeness (QED) is 0.0936. The minimum atomic E-state index is -0.639. The molecule has 0 bridgehead atoms. The van der Waals surface area contributed by atoms with Gasteiger partial charge in [0.1, 0.15) is 23.3 Å². The van der Waals surface area contributed by atoms with Crippen molar-refractivity contribution in [1.29, 1.82) is 0 Å². The van der Waals surface area contributed by atoms with Gasteiger partial charge in [-0.1, -0.05) is 266 Å². The molecule has 0 amide bonds. The van der Waals surface area contributed by atoms with Crippen LogP contribution < -0.4 is 0 Å². The number of rotatable bonds is 4. The lowest BCUT2D eigenvalue weighted by Crippen LogP contribution is -1.93. The van der Waals surface area contributed by atoms with Crippen LogP contribution >= 0.6 is 91.2 Å². The molecule has 29 aromatic rings. The zero-order chi connectivity index (χ0) is 87.0. The lowest BCUT2D eigenvalue weighted by Gasteiger charge is -2.22. The molecule has 0 spiro atoms. The predicted molar refractivity (Wildman–Crippen MR) is 568 cm³/mol. The topological polar surface area (TPSA) is 0 Å². The molecule has 616 valence electrons. The maximum absolute atomic E-state index is 14.9. The molecule has 0 aliphatic rings. The fourth-order valence-electron chi connectivity index (χ4n) is 21.4. The van der Waals surface area contributed by atoms with Crippen LogP contribution in [-0.4, -0.2) is 0 Å². The van der Waals surface area contributed by atoms with Crippen LogP contribution in [0.2, 0.25) is 10.0 Å². The van der Waals surface area contributed by atoms with Crippen molar-refractivity contribution in [2.45, 2.75) is 6.92 Å². The van der Waals surface area contributed by atoms with Gasteiger partial charge in [-0.15, -0.1) is 68.0 Å². The first-order valence-electron chi connectivity index (χ1n) is 43.3. The van der Waals surface area contributed by atoms with Crippen LogP contribution in [0.25, 0.3) is 273 Å². The van der Waals surface area contributed by atoms with Crippen LogP contribution in [0.5, 0.6) is 0 Å². The maximum Gasteiger partial charge on any atom is 0.143 e. The Morgan fingerprint density at radius 1 is 0.183 bits per heavy atom. The average molecular weight is 1830 g/mol. The molecule has 0 radical (unpaired) electrons. The summed E-state index contributed by atoms with van der Waals surface area (Å²) in [5, 5.41) is 38.4. The Kier molecular flexibility index (Phi) is 17.5. The molecule has 0 N–H and O–H groups in total. The standard InChI is InChI=1S/C58H34S2.C34H16Cl2S2.C27H12F4S2/c1-5-17-35(18-6-1)39-29-47-53-49-33-45(37-21-9-3-10-22-37)42-26-14-16-28-44(42)58(49)60-52-32-40(36-19-7-2-8-20-36)30-48(56(52)53)54-50-34-46(38-23-11-4-12-24-38)41-25-13-15-27-43(41)57(50)59-51(31-39)55(47)54;35-19-10-12-28-23(15-19)29-25-13-17-5-1-3-7-21(17)33-31(25)30(24-16-20(36)9-11-27(24)37-33)26-14-18-6-2-4-8-22(18)34(38-28)32(26)29;1-11-5-6-15-21-16-7-12(28)9-18(30)26(16)32-20-4-2-3-14(23(20)21)22-17-8-13(29)10-19(31)27(17)33-25(11)24(15)22/h1-34H;1-16H;2-10H,1H3. The molecule has 0 aliphatic heterocycles. The number of aryl methyl sites for hydroxylation is 1. The highest BCUT2D eigenvalue weighted by molar-refractivity contribution is 7.28. The molecular formula is C119H62Cl2F4S6. The Bertz CT molecular complexity index is 9660. The van der Waals surface area contributed by atoms with Gasteiger partial charge in [0.2, 0.25) is 0 Å². The third kappa shape index (κ3) is 11.8.